The lowest BCUT2D eigenvalue weighted by atomic mass is 10.1. The molecule has 1 N–H and O–H groups in total. The molecule has 1 aliphatic heterocycles. The first-order valence-corrected chi connectivity index (χ1v) is 4.68. The minimum Gasteiger partial charge on any atom is -0.481 e. The molecule has 1 atom stereocenters. The number of rotatable bonds is 5. The van der Waals surface area contributed by atoms with E-state index in [9.17, 15) is 4.79 Å². The van der Waals surface area contributed by atoms with Crippen molar-refractivity contribution in [3.05, 3.63) is 0 Å². The van der Waals surface area contributed by atoms with E-state index in [0.717, 1.165) is 13.0 Å². The Balaban J connectivity index is 2.31. The molecule has 0 spiro atoms. The monoisotopic (exact) mass is 203 g/mol. The average molecular weight is 203 g/mol. The van der Waals surface area contributed by atoms with Crippen LogP contribution in [0.2, 0.25) is 0 Å². The topological polar surface area (TPSA) is 59.0 Å². The van der Waals surface area contributed by atoms with Gasteiger partial charge in [-0.25, -0.2) is 0 Å². The summed E-state index contributed by atoms with van der Waals surface area (Å²) in [5, 5.41) is 8.79. The highest BCUT2D eigenvalue weighted by molar-refractivity contribution is 5.70. The van der Waals surface area contributed by atoms with Crippen LogP contribution in [0.25, 0.3) is 0 Å². The van der Waals surface area contributed by atoms with E-state index in [1.54, 1.807) is 14.2 Å². The maximum atomic E-state index is 10.7. The molecule has 82 valence electrons. The molecule has 1 aliphatic rings. The van der Waals surface area contributed by atoms with Gasteiger partial charge in [0.05, 0.1) is 5.92 Å². The maximum absolute atomic E-state index is 10.7. The third kappa shape index (κ3) is 2.94. The lowest BCUT2D eigenvalue weighted by molar-refractivity contribution is -0.141. The lowest BCUT2D eigenvalue weighted by Crippen LogP contribution is -2.33. The Morgan fingerprint density at radius 3 is 2.64 bits per heavy atom. The molecule has 0 aromatic carbocycles. The van der Waals surface area contributed by atoms with Crippen molar-refractivity contribution in [1.82, 2.24) is 4.90 Å². The molecule has 1 heterocycles. The number of nitrogens with zero attached hydrogens (tertiary/aromatic N) is 1. The minimum absolute atomic E-state index is 0.232. The molecule has 5 nitrogen and oxygen atoms in total. The fourth-order valence-electron chi connectivity index (χ4n) is 1.66. The maximum Gasteiger partial charge on any atom is 0.307 e. The Morgan fingerprint density at radius 1 is 1.57 bits per heavy atom. The van der Waals surface area contributed by atoms with Crippen LogP contribution in [0.4, 0.5) is 0 Å². The zero-order valence-corrected chi connectivity index (χ0v) is 8.60. The summed E-state index contributed by atoms with van der Waals surface area (Å²) in [6.45, 7) is 2.04. The van der Waals surface area contributed by atoms with Gasteiger partial charge < -0.3 is 14.6 Å². The molecule has 1 fully saturated rings. The van der Waals surface area contributed by atoms with Crippen LogP contribution < -0.4 is 0 Å². The summed E-state index contributed by atoms with van der Waals surface area (Å²) >= 11 is 0. The van der Waals surface area contributed by atoms with Crippen molar-refractivity contribution < 1.29 is 19.4 Å². The Kier molecular flexibility index (Phi) is 4.31. The number of methoxy groups -OCH3 is 2. The second-order valence-corrected chi connectivity index (χ2v) is 3.48. The molecule has 1 saturated heterocycles. The summed E-state index contributed by atoms with van der Waals surface area (Å²) in [6.07, 6.45) is 0.456. The zero-order valence-electron chi connectivity index (χ0n) is 8.60. The van der Waals surface area contributed by atoms with Crippen molar-refractivity contribution in [3.63, 3.8) is 0 Å². The highest BCUT2D eigenvalue weighted by Gasteiger charge is 2.29. The summed E-state index contributed by atoms with van der Waals surface area (Å²) < 4.78 is 10.1. The van der Waals surface area contributed by atoms with Crippen LogP contribution in [0.1, 0.15) is 6.42 Å². The van der Waals surface area contributed by atoms with Crippen molar-refractivity contribution in [2.24, 2.45) is 5.92 Å². The number of hydrogen-bond acceptors (Lipinski definition) is 4. The van der Waals surface area contributed by atoms with E-state index in [1.807, 2.05) is 0 Å². The van der Waals surface area contributed by atoms with Gasteiger partial charge in [-0.1, -0.05) is 0 Å². The second-order valence-electron chi connectivity index (χ2n) is 3.48. The van der Waals surface area contributed by atoms with Crippen molar-refractivity contribution in [2.45, 2.75) is 12.7 Å². The lowest BCUT2D eigenvalue weighted by Gasteiger charge is -2.20. The van der Waals surface area contributed by atoms with Gasteiger partial charge >= 0.3 is 5.97 Å². The summed E-state index contributed by atoms with van der Waals surface area (Å²) in [7, 11) is 3.16. The molecule has 14 heavy (non-hydrogen) atoms. The van der Waals surface area contributed by atoms with Gasteiger partial charge in [-0.15, -0.1) is 0 Å². The number of carbonyl (C=O) groups is 1. The molecular weight excluding hydrogens is 186 g/mol. The van der Waals surface area contributed by atoms with E-state index in [0.29, 0.717) is 13.1 Å². The SMILES string of the molecule is COC(CN1CCC(C(=O)O)C1)OC. The van der Waals surface area contributed by atoms with Gasteiger partial charge in [0.25, 0.3) is 0 Å². The van der Waals surface area contributed by atoms with Gasteiger partial charge in [0.1, 0.15) is 0 Å². The Labute approximate surface area is 83.6 Å². The van der Waals surface area contributed by atoms with E-state index in [-0.39, 0.29) is 12.2 Å². The van der Waals surface area contributed by atoms with Crippen molar-refractivity contribution >= 4 is 5.97 Å². The van der Waals surface area contributed by atoms with E-state index < -0.39 is 5.97 Å². The number of aliphatic carboxylic acids is 1. The first-order valence-electron chi connectivity index (χ1n) is 4.68. The third-order valence-electron chi connectivity index (χ3n) is 2.55. The van der Waals surface area contributed by atoms with Crippen LogP contribution in [0, 0.1) is 5.92 Å². The highest BCUT2D eigenvalue weighted by atomic mass is 16.7. The van der Waals surface area contributed by atoms with Crippen LogP contribution in [0.3, 0.4) is 0 Å². The largest absolute Gasteiger partial charge is 0.481 e. The van der Waals surface area contributed by atoms with Crippen LogP contribution >= 0.6 is 0 Å². The first-order chi connectivity index (χ1) is 6.67. The molecule has 0 bridgehead atoms. The molecule has 0 radical (unpaired) electrons. The van der Waals surface area contributed by atoms with Gasteiger partial charge in [-0.2, -0.15) is 0 Å². The van der Waals surface area contributed by atoms with Crippen LogP contribution in [-0.2, 0) is 14.3 Å². The van der Waals surface area contributed by atoms with Gasteiger partial charge in [0.2, 0.25) is 0 Å². The molecule has 0 aromatic rings. The zero-order chi connectivity index (χ0) is 10.6. The van der Waals surface area contributed by atoms with Crippen LogP contribution in [0.15, 0.2) is 0 Å². The fraction of sp³-hybridized carbons (Fsp3) is 0.889. The summed E-state index contributed by atoms with van der Waals surface area (Å²) in [4.78, 5) is 12.7. The molecule has 0 amide bonds. The summed E-state index contributed by atoms with van der Waals surface area (Å²) in [5.41, 5.74) is 0. The smallest absolute Gasteiger partial charge is 0.307 e. The number of ether oxygens (including phenoxy) is 2. The first kappa shape index (κ1) is 11.4. The van der Waals surface area contributed by atoms with E-state index in [1.165, 1.54) is 0 Å². The second kappa shape index (κ2) is 5.29. The van der Waals surface area contributed by atoms with E-state index in [4.69, 9.17) is 14.6 Å². The fourth-order valence-corrected chi connectivity index (χ4v) is 1.66. The minimum atomic E-state index is -0.709. The van der Waals surface area contributed by atoms with Crippen molar-refractivity contribution in [1.29, 1.82) is 0 Å². The highest BCUT2D eigenvalue weighted by Crippen LogP contribution is 2.16. The Bertz CT molecular complexity index is 193. The van der Waals surface area contributed by atoms with Gasteiger partial charge in [0, 0.05) is 27.3 Å². The van der Waals surface area contributed by atoms with E-state index >= 15 is 0 Å². The summed E-state index contributed by atoms with van der Waals surface area (Å²) in [5.74, 6) is -0.941. The van der Waals surface area contributed by atoms with Gasteiger partial charge in [-0.05, 0) is 13.0 Å². The standard InChI is InChI=1S/C9H17NO4/c1-13-8(14-2)6-10-4-3-7(5-10)9(11)12/h7-8H,3-6H2,1-2H3,(H,11,12). The van der Waals surface area contributed by atoms with Crippen molar-refractivity contribution in [3.8, 4) is 0 Å². The molecule has 0 saturated carbocycles. The molecule has 5 heteroatoms. The molecule has 0 aromatic heterocycles. The normalized spacial score (nSPS) is 23.2. The van der Waals surface area contributed by atoms with Crippen LogP contribution in [0.5, 0.6) is 0 Å². The van der Waals surface area contributed by atoms with E-state index in [2.05, 4.69) is 4.90 Å². The predicted molar refractivity (Wildman–Crippen MR) is 50.0 cm³/mol. The third-order valence-corrected chi connectivity index (χ3v) is 2.55. The molecule has 1 rings (SSSR count). The predicted octanol–water partition coefficient (Wildman–Crippen LogP) is 0.0118. The molecular formula is C9H17NO4. The summed E-state index contributed by atoms with van der Waals surface area (Å²) in [6, 6.07) is 0. The molecule has 1 unspecified atom stereocenters. The average Bonchev–Trinajstić information content (AvgIpc) is 2.62. The Morgan fingerprint density at radius 2 is 2.21 bits per heavy atom. The number of carboxylic acids is 1. The number of likely N-dealkylation sites (tertiary alicyclic amines) is 1. The number of hydrogen-bond donors (Lipinski definition) is 1. The van der Waals surface area contributed by atoms with Gasteiger partial charge in [-0.3, -0.25) is 9.69 Å². The van der Waals surface area contributed by atoms with Gasteiger partial charge in [0.15, 0.2) is 6.29 Å². The quantitative estimate of drug-likeness (QED) is 0.638. The number of carboxylic acid groups (broad SMARTS) is 1. The Hall–Kier alpha value is -0.650. The van der Waals surface area contributed by atoms with Crippen LogP contribution in [-0.4, -0.2) is 56.1 Å². The molecule has 0 aliphatic carbocycles. The van der Waals surface area contributed by atoms with Crippen molar-refractivity contribution in [2.75, 3.05) is 33.9 Å².